The Morgan fingerprint density at radius 3 is 2.79 bits per heavy atom. The van der Waals surface area contributed by atoms with Crippen molar-refractivity contribution in [1.82, 2.24) is 4.98 Å². The zero-order valence-electron chi connectivity index (χ0n) is 9.34. The molecule has 0 radical (unpaired) electrons. The minimum atomic E-state index is 0.0408. The van der Waals surface area contributed by atoms with Gasteiger partial charge in [0, 0.05) is 11.4 Å². The maximum Gasteiger partial charge on any atom is 0.180 e. The third-order valence-electron chi connectivity index (χ3n) is 2.04. The molecule has 0 bridgehead atoms. The van der Waals surface area contributed by atoms with Gasteiger partial charge in [-0.15, -0.1) is 11.3 Å². The molecule has 2 aromatic rings. The van der Waals surface area contributed by atoms with E-state index in [4.69, 9.17) is 33.8 Å². The molecule has 0 atom stereocenters. The van der Waals surface area contributed by atoms with Gasteiger partial charge in [0.25, 0.3) is 0 Å². The molecule has 0 fully saturated rings. The average molecular weight is 316 g/mol. The van der Waals surface area contributed by atoms with Crippen LogP contribution in [0, 0.1) is 0 Å². The van der Waals surface area contributed by atoms with Gasteiger partial charge in [0.1, 0.15) is 5.69 Å². The number of carbonyl (C=O) groups excluding carboxylic acids is 1. The summed E-state index contributed by atoms with van der Waals surface area (Å²) in [6.07, 6.45) is 0.534. The maximum absolute atomic E-state index is 10.9. The minimum absolute atomic E-state index is 0.0408. The Morgan fingerprint density at radius 2 is 2.21 bits per heavy atom. The van der Waals surface area contributed by atoms with Gasteiger partial charge in [-0.2, -0.15) is 0 Å². The molecular formula is C11H7Cl2N3O2S. The number of nitrogens with two attached hydrogens (primary N) is 1. The third-order valence-corrected chi connectivity index (χ3v) is 3.45. The summed E-state index contributed by atoms with van der Waals surface area (Å²) >= 11 is 12.8. The van der Waals surface area contributed by atoms with E-state index in [1.54, 1.807) is 17.5 Å². The molecule has 1 aromatic heterocycles. The number of aromatic nitrogens is 1. The number of rotatable bonds is 4. The SMILES string of the molecule is Nc1nc(/C(C=O)=N/Oc2ccc(Cl)c(Cl)c2)cs1. The van der Waals surface area contributed by atoms with Crippen LogP contribution in [0.2, 0.25) is 10.0 Å². The lowest BCUT2D eigenvalue weighted by Crippen LogP contribution is -2.05. The number of nitrogens with zero attached hydrogens (tertiary/aromatic N) is 2. The van der Waals surface area contributed by atoms with E-state index in [9.17, 15) is 4.79 Å². The van der Waals surface area contributed by atoms with Crippen molar-refractivity contribution >= 4 is 51.7 Å². The number of benzene rings is 1. The first kappa shape index (κ1) is 13.8. The summed E-state index contributed by atoms with van der Waals surface area (Å²) in [4.78, 5) is 20.0. The fraction of sp³-hybridized carbons (Fsp3) is 0. The van der Waals surface area contributed by atoms with Gasteiger partial charge in [0.05, 0.1) is 10.0 Å². The molecule has 1 aromatic carbocycles. The summed E-state index contributed by atoms with van der Waals surface area (Å²) in [5, 5.41) is 6.40. The van der Waals surface area contributed by atoms with Crippen LogP contribution in [-0.4, -0.2) is 17.0 Å². The lowest BCUT2D eigenvalue weighted by molar-refractivity contribution is -0.102. The number of hydrogen-bond donors (Lipinski definition) is 1. The number of halogens is 2. The first-order valence-corrected chi connectivity index (χ1v) is 6.60. The number of thiazole rings is 1. The molecule has 0 spiro atoms. The van der Waals surface area contributed by atoms with Gasteiger partial charge in [0.2, 0.25) is 0 Å². The van der Waals surface area contributed by atoms with Gasteiger partial charge in [-0.25, -0.2) is 4.98 Å². The summed E-state index contributed by atoms with van der Waals surface area (Å²) < 4.78 is 0. The minimum Gasteiger partial charge on any atom is -0.375 e. The highest BCUT2D eigenvalue weighted by Crippen LogP contribution is 2.26. The maximum atomic E-state index is 10.9. The summed E-state index contributed by atoms with van der Waals surface area (Å²) in [7, 11) is 0. The van der Waals surface area contributed by atoms with Crippen molar-refractivity contribution in [3.63, 3.8) is 0 Å². The van der Waals surface area contributed by atoms with Gasteiger partial charge < -0.3 is 10.6 Å². The van der Waals surface area contributed by atoms with Crippen LogP contribution in [-0.2, 0) is 4.79 Å². The first-order chi connectivity index (χ1) is 9.10. The quantitative estimate of drug-likeness (QED) is 0.534. The summed E-state index contributed by atoms with van der Waals surface area (Å²) in [5.74, 6) is 0.358. The van der Waals surface area contributed by atoms with Crippen molar-refractivity contribution in [1.29, 1.82) is 0 Å². The number of nitrogen functional groups attached to an aromatic ring is 1. The molecular weight excluding hydrogens is 309 g/mol. The highest BCUT2D eigenvalue weighted by atomic mass is 35.5. The number of carbonyl (C=O) groups is 1. The third kappa shape index (κ3) is 3.44. The number of anilines is 1. The van der Waals surface area contributed by atoms with E-state index in [1.165, 1.54) is 17.4 Å². The van der Waals surface area contributed by atoms with E-state index in [2.05, 4.69) is 10.1 Å². The fourth-order valence-electron chi connectivity index (χ4n) is 1.17. The molecule has 0 saturated carbocycles. The second kappa shape index (κ2) is 6.01. The molecule has 0 unspecified atom stereocenters. The van der Waals surface area contributed by atoms with Gasteiger partial charge in [-0.1, -0.05) is 28.4 Å². The molecule has 0 amide bonds. The Balaban J connectivity index is 2.20. The number of aldehydes is 1. The van der Waals surface area contributed by atoms with Crippen LogP contribution in [0.25, 0.3) is 0 Å². The smallest absolute Gasteiger partial charge is 0.180 e. The molecule has 0 aliphatic rings. The van der Waals surface area contributed by atoms with Crippen LogP contribution in [0.5, 0.6) is 5.75 Å². The highest BCUT2D eigenvalue weighted by Gasteiger charge is 2.08. The Kier molecular flexibility index (Phi) is 4.36. The van der Waals surface area contributed by atoms with Crippen LogP contribution >= 0.6 is 34.5 Å². The molecule has 0 saturated heterocycles. The predicted octanol–water partition coefficient (Wildman–Crippen LogP) is 3.01. The predicted molar refractivity (Wildman–Crippen MR) is 76.2 cm³/mol. The fourth-order valence-corrected chi connectivity index (χ4v) is 2.01. The lowest BCUT2D eigenvalue weighted by atomic mass is 10.3. The van der Waals surface area contributed by atoms with Crippen LogP contribution in [0.4, 0.5) is 5.13 Å². The van der Waals surface area contributed by atoms with Crippen molar-refractivity contribution in [3.8, 4) is 5.75 Å². The van der Waals surface area contributed by atoms with Crippen molar-refractivity contribution in [2.75, 3.05) is 5.73 Å². The molecule has 1 heterocycles. The molecule has 2 rings (SSSR count). The number of hydrogen-bond acceptors (Lipinski definition) is 6. The zero-order chi connectivity index (χ0) is 13.8. The molecule has 98 valence electrons. The van der Waals surface area contributed by atoms with Crippen LogP contribution in [0.15, 0.2) is 28.7 Å². The van der Waals surface area contributed by atoms with E-state index in [0.717, 1.165) is 0 Å². The lowest BCUT2D eigenvalue weighted by Gasteiger charge is -2.01. The van der Waals surface area contributed by atoms with E-state index in [0.29, 0.717) is 32.9 Å². The summed E-state index contributed by atoms with van der Waals surface area (Å²) in [6, 6.07) is 4.64. The normalized spacial score (nSPS) is 11.4. The molecule has 0 aliphatic heterocycles. The van der Waals surface area contributed by atoms with E-state index >= 15 is 0 Å². The van der Waals surface area contributed by atoms with Crippen molar-refractivity contribution < 1.29 is 9.63 Å². The van der Waals surface area contributed by atoms with Gasteiger partial charge >= 0.3 is 0 Å². The van der Waals surface area contributed by atoms with Crippen LogP contribution < -0.4 is 10.6 Å². The van der Waals surface area contributed by atoms with E-state index < -0.39 is 0 Å². The zero-order valence-corrected chi connectivity index (χ0v) is 11.7. The van der Waals surface area contributed by atoms with Gasteiger partial charge in [-0.3, -0.25) is 4.79 Å². The molecule has 5 nitrogen and oxygen atoms in total. The van der Waals surface area contributed by atoms with Crippen LogP contribution in [0.3, 0.4) is 0 Å². The Bertz CT molecular complexity index is 643. The monoisotopic (exact) mass is 315 g/mol. The topological polar surface area (TPSA) is 77.6 Å². The molecule has 0 aliphatic carbocycles. The number of oxime groups is 1. The summed E-state index contributed by atoms with van der Waals surface area (Å²) in [5.41, 5.74) is 5.88. The van der Waals surface area contributed by atoms with Gasteiger partial charge in [0.15, 0.2) is 22.9 Å². The molecule has 2 N–H and O–H groups in total. The second-order valence-corrected chi connectivity index (χ2v) is 5.04. The van der Waals surface area contributed by atoms with E-state index in [-0.39, 0.29) is 5.71 Å². The molecule has 19 heavy (non-hydrogen) atoms. The van der Waals surface area contributed by atoms with E-state index in [1.807, 2.05) is 0 Å². The first-order valence-electron chi connectivity index (χ1n) is 4.97. The van der Waals surface area contributed by atoms with Crippen molar-refractivity contribution in [2.45, 2.75) is 0 Å². The van der Waals surface area contributed by atoms with Gasteiger partial charge in [-0.05, 0) is 12.1 Å². The van der Waals surface area contributed by atoms with Crippen LogP contribution in [0.1, 0.15) is 5.69 Å². The Hall–Kier alpha value is -1.63. The highest BCUT2D eigenvalue weighted by molar-refractivity contribution is 7.13. The Labute approximate surface area is 122 Å². The summed E-state index contributed by atoms with van der Waals surface area (Å²) in [6.45, 7) is 0. The van der Waals surface area contributed by atoms with Crippen molar-refractivity contribution in [2.24, 2.45) is 5.16 Å². The standard InChI is InChI=1S/C11H7Cl2N3O2S/c12-7-2-1-6(3-8(7)13)18-16-9(4-17)10-5-19-11(14)15-10/h1-5H,(H2,14,15)/b16-9+. The second-order valence-electron chi connectivity index (χ2n) is 3.33. The average Bonchev–Trinajstić information content (AvgIpc) is 2.81. The Morgan fingerprint density at radius 1 is 1.42 bits per heavy atom. The largest absolute Gasteiger partial charge is 0.375 e. The van der Waals surface area contributed by atoms with Crippen molar-refractivity contribution in [3.05, 3.63) is 39.3 Å². The molecule has 8 heteroatoms.